The summed E-state index contributed by atoms with van der Waals surface area (Å²) in [6, 6.07) is 17.6. The van der Waals surface area contributed by atoms with Crippen LogP contribution in [0.3, 0.4) is 0 Å². The van der Waals surface area contributed by atoms with Gasteiger partial charge in [-0.3, -0.25) is 33.9 Å². The standard InChI is InChI=1S/C55H73ClN12O6/c1-3-39-5-4-6-42(30-39)43-31-46(62-49(71)36-65-25-27-74-28-26-65)51(59-32-43)55(73)68-19-17-64(18-20-68)34-40-11-15-63(16-12-40)35-48(70)58-14-13-57-33-45(41-7-9-44(56)10-8-41)54(72)67-23-21-66(22-24-67)53-50-38(2)29-47(69)52(50)60-37-61-53/h4-10,30-32,37-38,40,45,47,57,69H,3,11-29,33-36H2,1-2H3,(H,58,70)(H,62,71)/t38-,45-,47-/m1/s1. The van der Waals surface area contributed by atoms with E-state index in [0.717, 1.165) is 80.1 Å². The highest BCUT2D eigenvalue weighted by atomic mass is 35.5. The molecule has 0 saturated carbocycles. The molecule has 74 heavy (non-hydrogen) atoms. The van der Waals surface area contributed by atoms with E-state index in [1.807, 2.05) is 52.3 Å². The zero-order valence-electron chi connectivity index (χ0n) is 43.0. The number of hydrogen-bond acceptors (Lipinski definition) is 14. The summed E-state index contributed by atoms with van der Waals surface area (Å²) in [6.45, 7) is 16.4. The van der Waals surface area contributed by atoms with Crippen molar-refractivity contribution in [1.82, 2.24) is 50.1 Å². The molecule has 4 N–H and O–H groups in total. The van der Waals surface area contributed by atoms with E-state index < -0.39 is 12.0 Å². The molecule has 4 aromatic rings. The van der Waals surface area contributed by atoms with Crippen LogP contribution in [-0.2, 0) is 25.5 Å². The molecule has 2 aromatic carbocycles. The van der Waals surface area contributed by atoms with E-state index in [0.29, 0.717) is 120 Å². The third-order valence-corrected chi connectivity index (χ3v) is 15.7. The molecule has 18 nitrogen and oxygen atoms in total. The van der Waals surface area contributed by atoms with Crippen LogP contribution in [0.4, 0.5) is 11.5 Å². The van der Waals surface area contributed by atoms with Gasteiger partial charge >= 0.3 is 0 Å². The SMILES string of the molecule is CCc1cccc(-c2cnc(C(=O)N3CCN(CC4CCN(CC(=O)NCCNC[C@@H](C(=O)N5CCN(c6ncnc7c6[C@H](C)C[C@H]7O)CC5)c5ccc(Cl)cc5)CC4)CC3)c(NC(=O)CN3CCOCC3)c2)c1. The van der Waals surface area contributed by atoms with Crippen molar-refractivity contribution in [3.8, 4) is 11.1 Å². The number of hydrogen-bond donors (Lipinski definition) is 4. The van der Waals surface area contributed by atoms with Crippen LogP contribution < -0.4 is 20.9 Å². The lowest BCUT2D eigenvalue weighted by atomic mass is 9.96. The van der Waals surface area contributed by atoms with Gasteiger partial charge in [-0.05, 0) is 85.5 Å². The van der Waals surface area contributed by atoms with Gasteiger partial charge in [0.1, 0.15) is 12.1 Å². The number of piperazine rings is 2. The Morgan fingerprint density at radius 1 is 0.784 bits per heavy atom. The second-order valence-electron chi connectivity index (χ2n) is 20.5. The highest BCUT2D eigenvalue weighted by Gasteiger charge is 2.36. The molecule has 19 heteroatoms. The van der Waals surface area contributed by atoms with Gasteiger partial charge in [-0.2, -0.15) is 0 Å². The van der Waals surface area contributed by atoms with Gasteiger partial charge in [-0.25, -0.2) is 15.0 Å². The Kier molecular flexibility index (Phi) is 18.2. The van der Waals surface area contributed by atoms with Gasteiger partial charge < -0.3 is 40.5 Å². The quantitative estimate of drug-likeness (QED) is 0.105. The van der Waals surface area contributed by atoms with Crippen LogP contribution >= 0.6 is 11.6 Å². The molecule has 4 aliphatic heterocycles. The lowest BCUT2D eigenvalue weighted by Crippen LogP contribution is -2.51. The number of pyridine rings is 1. The number of aliphatic hydroxyl groups is 1. The van der Waals surface area contributed by atoms with Crippen LogP contribution in [-0.4, -0.2) is 199 Å². The number of rotatable bonds is 18. The minimum absolute atomic E-state index is 0.0119. The average Bonchev–Trinajstić information content (AvgIpc) is 3.72. The summed E-state index contributed by atoms with van der Waals surface area (Å²) in [5, 5.41) is 20.7. The number of fused-ring (bicyclic) bond motifs is 1. The molecule has 396 valence electrons. The van der Waals surface area contributed by atoms with E-state index in [-0.39, 0.29) is 41.8 Å². The first-order valence-electron chi connectivity index (χ1n) is 26.7. The number of nitrogens with zero attached hydrogens (tertiary/aromatic N) is 9. The van der Waals surface area contributed by atoms with Gasteiger partial charge in [0.05, 0.1) is 49.7 Å². The molecule has 0 radical (unpaired) electrons. The number of amides is 4. The summed E-state index contributed by atoms with van der Waals surface area (Å²) in [7, 11) is 0. The Morgan fingerprint density at radius 3 is 2.24 bits per heavy atom. The number of aryl methyl sites for hydroxylation is 1. The van der Waals surface area contributed by atoms with Crippen molar-refractivity contribution in [2.75, 3.05) is 141 Å². The second-order valence-corrected chi connectivity index (χ2v) is 21.0. The number of aromatic nitrogens is 3. The molecule has 9 rings (SSSR count). The van der Waals surface area contributed by atoms with E-state index >= 15 is 0 Å². The molecule has 2 aromatic heterocycles. The van der Waals surface area contributed by atoms with E-state index in [2.05, 4.69) is 71.5 Å². The molecular formula is C55H73ClN12O6. The normalized spacial score (nSPS) is 20.6. The molecule has 4 fully saturated rings. The largest absolute Gasteiger partial charge is 0.387 e. The molecule has 1 aliphatic carbocycles. The van der Waals surface area contributed by atoms with Gasteiger partial charge in [0.15, 0.2) is 5.69 Å². The Hall–Kier alpha value is -5.60. The van der Waals surface area contributed by atoms with Crippen molar-refractivity contribution >= 4 is 46.7 Å². The van der Waals surface area contributed by atoms with Crippen LogP contribution in [0.25, 0.3) is 11.1 Å². The van der Waals surface area contributed by atoms with Crippen molar-refractivity contribution in [1.29, 1.82) is 0 Å². The minimum atomic E-state index is -0.571. The number of benzene rings is 2. The monoisotopic (exact) mass is 1030 g/mol. The van der Waals surface area contributed by atoms with E-state index in [1.165, 1.54) is 11.9 Å². The summed E-state index contributed by atoms with van der Waals surface area (Å²) in [5.41, 5.74) is 6.34. The molecule has 5 aliphatic rings. The number of halogens is 1. The predicted molar refractivity (Wildman–Crippen MR) is 285 cm³/mol. The number of aliphatic hydroxyl groups excluding tert-OH is 1. The van der Waals surface area contributed by atoms with Crippen molar-refractivity contribution in [3.05, 3.63) is 100 Å². The average molecular weight is 1030 g/mol. The first-order valence-corrected chi connectivity index (χ1v) is 27.1. The summed E-state index contributed by atoms with van der Waals surface area (Å²) in [4.78, 5) is 81.0. The lowest BCUT2D eigenvalue weighted by Gasteiger charge is -2.38. The summed E-state index contributed by atoms with van der Waals surface area (Å²) in [5.74, 6) is 0.786. The Bertz CT molecular complexity index is 2560. The number of morpholine rings is 1. The van der Waals surface area contributed by atoms with Crippen LogP contribution in [0, 0.1) is 5.92 Å². The van der Waals surface area contributed by atoms with Crippen molar-refractivity contribution in [2.45, 2.75) is 57.5 Å². The fourth-order valence-electron chi connectivity index (χ4n) is 11.1. The van der Waals surface area contributed by atoms with Crippen LogP contribution in [0.5, 0.6) is 0 Å². The second kappa shape index (κ2) is 25.3. The van der Waals surface area contributed by atoms with Gasteiger partial charge in [-0.15, -0.1) is 0 Å². The lowest BCUT2D eigenvalue weighted by molar-refractivity contribution is -0.133. The van der Waals surface area contributed by atoms with Crippen LogP contribution in [0.15, 0.2) is 67.1 Å². The molecule has 0 spiro atoms. The molecule has 0 unspecified atom stereocenters. The zero-order chi connectivity index (χ0) is 51.6. The Morgan fingerprint density at radius 2 is 1.50 bits per heavy atom. The van der Waals surface area contributed by atoms with Crippen LogP contribution in [0.2, 0.25) is 5.02 Å². The fraction of sp³-hybridized carbons (Fsp3) is 0.545. The van der Waals surface area contributed by atoms with Crippen LogP contribution in [0.1, 0.15) is 83.9 Å². The number of carbonyl (C=O) groups is 4. The van der Waals surface area contributed by atoms with Crippen molar-refractivity contribution in [2.24, 2.45) is 5.92 Å². The number of nitrogens with one attached hydrogen (secondary N) is 3. The van der Waals surface area contributed by atoms with E-state index in [1.54, 1.807) is 6.20 Å². The summed E-state index contributed by atoms with van der Waals surface area (Å²) >= 11 is 6.24. The predicted octanol–water partition coefficient (Wildman–Crippen LogP) is 3.87. The fourth-order valence-corrected chi connectivity index (χ4v) is 11.3. The van der Waals surface area contributed by atoms with Crippen molar-refractivity contribution < 1.29 is 29.0 Å². The van der Waals surface area contributed by atoms with Gasteiger partial charge in [-0.1, -0.05) is 61.8 Å². The highest BCUT2D eigenvalue weighted by molar-refractivity contribution is 6.30. The molecule has 6 heterocycles. The maximum Gasteiger partial charge on any atom is 0.274 e. The highest BCUT2D eigenvalue weighted by Crippen LogP contribution is 2.43. The summed E-state index contributed by atoms with van der Waals surface area (Å²) in [6.07, 6.45) is 6.23. The molecular weight excluding hydrogens is 960 g/mol. The molecule has 3 atom stereocenters. The third-order valence-electron chi connectivity index (χ3n) is 15.5. The zero-order valence-corrected chi connectivity index (χ0v) is 43.8. The van der Waals surface area contributed by atoms with Gasteiger partial charge in [0, 0.05) is 114 Å². The maximum atomic E-state index is 14.1. The van der Waals surface area contributed by atoms with E-state index in [4.69, 9.17) is 21.3 Å². The Labute approximate surface area is 440 Å². The van der Waals surface area contributed by atoms with Gasteiger partial charge in [0.2, 0.25) is 17.7 Å². The smallest absolute Gasteiger partial charge is 0.274 e. The minimum Gasteiger partial charge on any atom is -0.387 e. The number of carbonyl (C=O) groups excluding carboxylic acids is 4. The maximum absolute atomic E-state index is 14.1. The number of anilines is 2. The van der Waals surface area contributed by atoms with Gasteiger partial charge in [0.25, 0.3) is 5.91 Å². The van der Waals surface area contributed by atoms with E-state index in [9.17, 15) is 24.3 Å². The number of likely N-dealkylation sites (tertiary alicyclic amines) is 1. The third kappa shape index (κ3) is 13.4. The molecule has 0 bridgehead atoms. The Balaban J connectivity index is 0.691. The number of piperidine rings is 1. The number of ether oxygens (including phenoxy) is 1. The first kappa shape index (κ1) is 53.2. The molecule has 4 amide bonds. The topological polar surface area (TPSA) is 192 Å². The van der Waals surface area contributed by atoms with Crippen molar-refractivity contribution in [3.63, 3.8) is 0 Å². The summed E-state index contributed by atoms with van der Waals surface area (Å²) < 4.78 is 5.46. The first-order chi connectivity index (χ1) is 36.0. The molecule has 4 saturated heterocycles.